The Kier molecular flexibility index (Phi) is 4.69. The van der Waals surface area contributed by atoms with Crippen molar-refractivity contribution in [3.8, 4) is 0 Å². The number of carbonyl (C=O) groups excluding carboxylic acids is 1. The molecule has 1 N–H and O–H groups in total. The van der Waals surface area contributed by atoms with Crippen LogP contribution in [-0.2, 0) is 11.6 Å². The van der Waals surface area contributed by atoms with E-state index in [0.29, 0.717) is 11.9 Å². The number of nitrogens with one attached hydrogen (secondary N) is 1. The summed E-state index contributed by atoms with van der Waals surface area (Å²) in [5.41, 5.74) is -2.44. The number of ketones is 1. The van der Waals surface area contributed by atoms with E-state index in [9.17, 15) is 27.2 Å². The molecule has 0 atom stereocenters. The van der Waals surface area contributed by atoms with Crippen LogP contribution in [-0.4, -0.2) is 15.8 Å². The lowest BCUT2D eigenvalue weighted by molar-refractivity contribution is -0.140. The van der Waals surface area contributed by atoms with Gasteiger partial charge in [0, 0.05) is 18.4 Å². The average molecular weight is 382 g/mol. The zero-order valence-electron chi connectivity index (χ0n) is 14.8. The maximum atomic E-state index is 13.9. The summed E-state index contributed by atoms with van der Waals surface area (Å²) in [7, 11) is 0. The van der Waals surface area contributed by atoms with Gasteiger partial charge in [-0.05, 0) is 36.0 Å². The Morgan fingerprint density at radius 2 is 1.89 bits per heavy atom. The second kappa shape index (κ2) is 6.58. The SMILES string of the molecule is CC(C)(CC(=O)c1cc(=O)[nH]c(C2CC2)n1)c1ccc(C(F)(F)F)c(F)c1. The average Bonchev–Trinajstić information content (AvgIpc) is 3.37. The fraction of sp³-hybridized carbons (Fsp3) is 0.421. The Morgan fingerprint density at radius 3 is 2.44 bits per heavy atom. The molecule has 2 aromatic rings. The van der Waals surface area contributed by atoms with Crippen molar-refractivity contribution in [1.29, 1.82) is 0 Å². The Balaban J connectivity index is 1.85. The number of Topliss-reactive ketones (excluding diaryl/α,β-unsaturated/α-hetero) is 1. The maximum Gasteiger partial charge on any atom is 0.419 e. The molecule has 0 radical (unpaired) electrons. The van der Waals surface area contributed by atoms with E-state index < -0.39 is 34.3 Å². The molecule has 0 bridgehead atoms. The van der Waals surface area contributed by atoms with Gasteiger partial charge in [0.05, 0.1) is 5.56 Å². The van der Waals surface area contributed by atoms with E-state index in [1.807, 2.05) is 0 Å². The van der Waals surface area contributed by atoms with Gasteiger partial charge in [0.2, 0.25) is 0 Å². The van der Waals surface area contributed by atoms with Crippen molar-refractivity contribution in [2.75, 3.05) is 0 Å². The Labute approximate surface area is 152 Å². The summed E-state index contributed by atoms with van der Waals surface area (Å²) in [4.78, 5) is 31.2. The van der Waals surface area contributed by atoms with Gasteiger partial charge in [-0.25, -0.2) is 9.37 Å². The third-order valence-electron chi connectivity index (χ3n) is 4.67. The largest absolute Gasteiger partial charge is 0.419 e. The minimum atomic E-state index is -4.78. The molecule has 1 fully saturated rings. The molecule has 8 heteroatoms. The number of rotatable bonds is 5. The minimum absolute atomic E-state index is 0.0149. The fourth-order valence-electron chi connectivity index (χ4n) is 2.93. The van der Waals surface area contributed by atoms with Gasteiger partial charge >= 0.3 is 6.18 Å². The predicted octanol–water partition coefficient (Wildman–Crippen LogP) is 4.36. The van der Waals surface area contributed by atoms with Gasteiger partial charge in [-0.1, -0.05) is 19.9 Å². The van der Waals surface area contributed by atoms with Crippen molar-refractivity contribution in [3.63, 3.8) is 0 Å². The third-order valence-corrected chi connectivity index (χ3v) is 4.67. The summed E-state index contributed by atoms with van der Waals surface area (Å²) >= 11 is 0. The van der Waals surface area contributed by atoms with Crippen molar-refractivity contribution in [1.82, 2.24) is 9.97 Å². The number of aromatic amines is 1. The lowest BCUT2D eigenvalue weighted by Gasteiger charge is -2.25. The van der Waals surface area contributed by atoms with Gasteiger partial charge in [-0.3, -0.25) is 9.59 Å². The number of hydrogen-bond donors (Lipinski definition) is 1. The molecular formula is C19H18F4N2O2. The Hall–Kier alpha value is -2.51. The molecule has 1 saturated carbocycles. The molecule has 3 rings (SSSR count). The Bertz CT molecular complexity index is 943. The summed E-state index contributed by atoms with van der Waals surface area (Å²) in [5, 5.41) is 0. The van der Waals surface area contributed by atoms with Gasteiger partial charge in [0.1, 0.15) is 17.3 Å². The summed E-state index contributed by atoms with van der Waals surface area (Å²) < 4.78 is 52.0. The first-order chi connectivity index (χ1) is 12.5. The van der Waals surface area contributed by atoms with Crippen LogP contribution < -0.4 is 5.56 Å². The van der Waals surface area contributed by atoms with E-state index in [0.717, 1.165) is 25.0 Å². The first-order valence-electron chi connectivity index (χ1n) is 8.49. The molecule has 0 unspecified atom stereocenters. The molecule has 1 heterocycles. The molecule has 1 aliphatic rings. The summed E-state index contributed by atoms with van der Waals surface area (Å²) in [6.07, 6.45) is -3.11. The van der Waals surface area contributed by atoms with E-state index in [1.54, 1.807) is 13.8 Å². The van der Waals surface area contributed by atoms with Crippen LogP contribution in [0.1, 0.15) is 66.5 Å². The quantitative estimate of drug-likeness (QED) is 0.618. The molecule has 1 aromatic carbocycles. The van der Waals surface area contributed by atoms with Crippen LogP contribution in [0.25, 0.3) is 0 Å². The van der Waals surface area contributed by atoms with Crippen molar-refractivity contribution in [2.45, 2.75) is 50.6 Å². The highest BCUT2D eigenvalue weighted by atomic mass is 19.4. The van der Waals surface area contributed by atoms with E-state index >= 15 is 0 Å². The number of hydrogen-bond acceptors (Lipinski definition) is 3. The fourth-order valence-corrected chi connectivity index (χ4v) is 2.93. The van der Waals surface area contributed by atoms with Crippen LogP contribution in [0.5, 0.6) is 0 Å². The highest BCUT2D eigenvalue weighted by molar-refractivity contribution is 5.95. The van der Waals surface area contributed by atoms with Crippen LogP contribution in [0.15, 0.2) is 29.1 Å². The van der Waals surface area contributed by atoms with Gasteiger partial charge in [0.25, 0.3) is 5.56 Å². The van der Waals surface area contributed by atoms with Crippen molar-refractivity contribution in [2.24, 2.45) is 0 Å². The first kappa shape index (κ1) is 19.3. The number of halogens is 4. The zero-order chi connectivity index (χ0) is 20.0. The zero-order valence-corrected chi connectivity index (χ0v) is 14.8. The molecule has 1 aliphatic carbocycles. The van der Waals surface area contributed by atoms with Crippen molar-refractivity contribution >= 4 is 5.78 Å². The highest BCUT2D eigenvalue weighted by Gasteiger charge is 2.35. The number of H-pyrrole nitrogens is 1. The van der Waals surface area contributed by atoms with Crippen LogP contribution in [0.3, 0.4) is 0 Å². The standard InChI is InChI=1S/C19H18F4N2O2/c1-18(2,11-5-6-12(13(20)7-11)19(21,22)23)9-15(26)14-8-16(27)25-17(24-14)10-3-4-10/h5-8,10H,3-4,9H2,1-2H3,(H,24,25,27). The number of carbonyl (C=O) groups is 1. The normalized spacial score (nSPS) is 15.0. The molecule has 27 heavy (non-hydrogen) atoms. The lowest BCUT2D eigenvalue weighted by atomic mass is 9.79. The van der Waals surface area contributed by atoms with Crippen LogP contribution in [0.2, 0.25) is 0 Å². The minimum Gasteiger partial charge on any atom is -0.310 e. The highest BCUT2D eigenvalue weighted by Crippen LogP contribution is 2.38. The van der Waals surface area contributed by atoms with Gasteiger partial charge < -0.3 is 4.98 Å². The molecular weight excluding hydrogens is 364 g/mol. The van der Waals surface area contributed by atoms with Crippen LogP contribution in [0.4, 0.5) is 17.6 Å². The van der Waals surface area contributed by atoms with E-state index in [-0.39, 0.29) is 23.6 Å². The lowest BCUT2D eigenvalue weighted by Crippen LogP contribution is -2.25. The molecule has 1 aromatic heterocycles. The number of aromatic nitrogens is 2. The molecule has 4 nitrogen and oxygen atoms in total. The van der Waals surface area contributed by atoms with E-state index in [1.165, 1.54) is 6.07 Å². The number of alkyl halides is 3. The molecule has 144 valence electrons. The third kappa shape index (κ3) is 4.26. The second-order valence-electron chi connectivity index (χ2n) is 7.47. The monoisotopic (exact) mass is 382 g/mol. The smallest absolute Gasteiger partial charge is 0.310 e. The van der Waals surface area contributed by atoms with Crippen molar-refractivity contribution < 1.29 is 22.4 Å². The van der Waals surface area contributed by atoms with Gasteiger partial charge in [-0.15, -0.1) is 0 Å². The molecule has 0 saturated heterocycles. The van der Waals surface area contributed by atoms with Gasteiger partial charge in [0.15, 0.2) is 5.78 Å². The molecule has 0 spiro atoms. The van der Waals surface area contributed by atoms with E-state index in [4.69, 9.17) is 0 Å². The van der Waals surface area contributed by atoms with E-state index in [2.05, 4.69) is 9.97 Å². The topological polar surface area (TPSA) is 62.8 Å². The number of benzene rings is 1. The second-order valence-corrected chi connectivity index (χ2v) is 7.47. The van der Waals surface area contributed by atoms with Gasteiger partial charge in [-0.2, -0.15) is 13.2 Å². The predicted molar refractivity (Wildman–Crippen MR) is 90.2 cm³/mol. The molecule has 0 aliphatic heterocycles. The molecule has 0 amide bonds. The van der Waals surface area contributed by atoms with Crippen molar-refractivity contribution in [3.05, 3.63) is 63.1 Å². The Morgan fingerprint density at radius 1 is 1.22 bits per heavy atom. The summed E-state index contributed by atoms with van der Waals surface area (Å²) in [5.74, 6) is -1.18. The summed E-state index contributed by atoms with van der Waals surface area (Å²) in [6.45, 7) is 3.25. The number of nitrogens with zero attached hydrogens (tertiary/aromatic N) is 1. The first-order valence-corrected chi connectivity index (χ1v) is 8.49. The van der Waals surface area contributed by atoms with Crippen LogP contribution >= 0.6 is 0 Å². The van der Waals surface area contributed by atoms with Crippen LogP contribution in [0, 0.1) is 5.82 Å². The summed E-state index contributed by atoms with van der Waals surface area (Å²) in [6, 6.07) is 3.75. The maximum absolute atomic E-state index is 13.9.